The first-order chi connectivity index (χ1) is 7.70. The Morgan fingerprint density at radius 1 is 1.62 bits per heavy atom. The van der Waals surface area contributed by atoms with Gasteiger partial charge >= 0.3 is 0 Å². The highest BCUT2D eigenvalue weighted by Crippen LogP contribution is 2.35. The van der Waals surface area contributed by atoms with Gasteiger partial charge in [0.2, 0.25) is 0 Å². The zero-order valence-electron chi connectivity index (χ0n) is 9.69. The summed E-state index contributed by atoms with van der Waals surface area (Å²) in [5, 5.41) is 4.70. The smallest absolute Gasteiger partial charge is 0.153 e. The van der Waals surface area contributed by atoms with Gasteiger partial charge in [-0.1, -0.05) is 0 Å². The van der Waals surface area contributed by atoms with Crippen molar-refractivity contribution < 1.29 is 0 Å². The van der Waals surface area contributed by atoms with E-state index in [0.29, 0.717) is 11.9 Å². The minimum absolute atomic E-state index is 0.532. The molecule has 1 aliphatic rings. The monoisotopic (exact) mass is 258 g/mol. The molecule has 0 bridgehead atoms. The number of nitrogens with two attached hydrogens (primary N) is 1. The van der Waals surface area contributed by atoms with Crippen LogP contribution in [-0.2, 0) is 0 Å². The van der Waals surface area contributed by atoms with Gasteiger partial charge in [0.05, 0.1) is 4.90 Å². The number of piperidine rings is 1. The van der Waals surface area contributed by atoms with Gasteiger partial charge in [-0.25, -0.2) is 0 Å². The van der Waals surface area contributed by atoms with E-state index in [0.717, 1.165) is 16.4 Å². The molecule has 6 heteroatoms. The number of likely N-dealkylation sites (N-methyl/N-ethyl adjacent to an activating group) is 1. The molecule has 1 unspecified atom stereocenters. The van der Waals surface area contributed by atoms with Crippen LogP contribution in [0.1, 0.15) is 12.8 Å². The first-order valence-electron chi connectivity index (χ1n) is 5.45. The molecule has 0 aliphatic carbocycles. The van der Waals surface area contributed by atoms with E-state index in [4.69, 9.17) is 5.73 Å². The van der Waals surface area contributed by atoms with Gasteiger partial charge in [-0.2, -0.15) is 4.37 Å². The van der Waals surface area contributed by atoms with Crippen molar-refractivity contribution in [2.24, 2.45) is 0 Å². The number of aromatic nitrogens is 1. The molecule has 1 aromatic heterocycles. The van der Waals surface area contributed by atoms with E-state index in [1.54, 1.807) is 11.8 Å². The summed E-state index contributed by atoms with van der Waals surface area (Å²) >= 11 is 3.14. The second-order valence-corrected chi connectivity index (χ2v) is 5.77. The molecular formula is C10H18N4S2. The Morgan fingerprint density at radius 3 is 3.12 bits per heavy atom. The lowest BCUT2D eigenvalue weighted by molar-refractivity contribution is 0.261. The fourth-order valence-electron chi connectivity index (χ4n) is 2.05. The topological polar surface area (TPSA) is 54.2 Å². The van der Waals surface area contributed by atoms with Crippen molar-refractivity contribution in [3.05, 3.63) is 0 Å². The van der Waals surface area contributed by atoms with Gasteiger partial charge in [0.25, 0.3) is 0 Å². The lowest BCUT2D eigenvalue weighted by Crippen LogP contribution is -2.39. The largest absolute Gasteiger partial charge is 0.382 e. The Morgan fingerprint density at radius 2 is 2.44 bits per heavy atom. The number of hydrogen-bond donors (Lipinski definition) is 2. The van der Waals surface area contributed by atoms with E-state index < -0.39 is 0 Å². The van der Waals surface area contributed by atoms with Crippen LogP contribution >= 0.6 is 23.3 Å². The van der Waals surface area contributed by atoms with Gasteiger partial charge < -0.3 is 16.0 Å². The zero-order chi connectivity index (χ0) is 11.5. The maximum atomic E-state index is 5.81. The van der Waals surface area contributed by atoms with Crippen molar-refractivity contribution in [2.45, 2.75) is 23.8 Å². The van der Waals surface area contributed by atoms with Gasteiger partial charge in [-0.3, -0.25) is 0 Å². The van der Waals surface area contributed by atoms with Crippen molar-refractivity contribution in [3.63, 3.8) is 0 Å². The molecule has 0 saturated carbocycles. The van der Waals surface area contributed by atoms with Crippen LogP contribution in [0.3, 0.4) is 0 Å². The van der Waals surface area contributed by atoms with Crippen LogP contribution in [0.25, 0.3) is 0 Å². The molecule has 1 aromatic rings. The predicted octanol–water partition coefficient (Wildman–Crippen LogP) is 1.95. The van der Waals surface area contributed by atoms with Crippen LogP contribution in [0.2, 0.25) is 0 Å². The summed E-state index contributed by atoms with van der Waals surface area (Å²) in [6, 6.07) is 0.532. The molecule has 4 nitrogen and oxygen atoms in total. The maximum absolute atomic E-state index is 5.81. The van der Waals surface area contributed by atoms with E-state index >= 15 is 0 Å². The summed E-state index contributed by atoms with van der Waals surface area (Å²) < 4.78 is 4.19. The van der Waals surface area contributed by atoms with Gasteiger partial charge in [-0.15, -0.1) is 11.8 Å². The highest BCUT2D eigenvalue weighted by molar-refractivity contribution is 7.99. The number of nitrogen functional groups attached to an aromatic ring is 1. The Hall–Kier alpha value is -0.460. The van der Waals surface area contributed by atoms with E-state index in [-0.39, 0.29) is 0 Å². The Bertz CT molecular complexity index is 353. The third-order valence-corrected chi connectivity index (χ3v) is 4.58. The maximum Gasteiger partial charge on any atom is 0.153 e. The van der Waals surface area contributed by atoms with Gasteiger partial charge in [-0.05, 0) is 44.2 Å². The molecule has 1 fully saturated rings. The number of nitrogens with zero attached hydrogens (tertiary/aromatic N) is 2. The van der Waals surface area contributed by atoms with Crippen molar-refractivity contribution in [2.75, 3.05) is 37.4 Å². The average molecular weight is 258 g/mol. The predicted molar refractivity (Wildman–Crippen MR) is 72.4 cm³/mol. The minimum Gasteiger partial charge on any atom is -0.382 e. The number of anilines is 2. The zero-order valence-corrected chi connectivity index (χ0v) is 11.3. The summed E-state index contributed by atoms with van der Waals surface area (Å²) in [7, 11) is 2.17. The summed E-state index contributed by atoms with van der Waals surface area (Å²) in [6.07, 6.45) is 4.53. The average Bonchev–Trinajstić information content (AvgIpc) is 2.59. The second kappa shape index (κ2) is 5.25. The lowest BCUT2D eigenvalue weighted by Gasteiger charge is -2.30. The molecule has 1 saturated heterocycles. The molecular weight excluding hydrogens is 240 g/mol. The summed E-state index contributed by atoms with van der Waals surface area (Å²) in [5.41, 5.74) is 5.81. The fourth-order valence-corrected chi connectivity index (χ4v) is 3.66. The fraction of sp³-hybridized carbons (Fsp3) is 0.700. The van der Waals surface area contributed by atoms with E-state index in [2.05, 4.69) is 21.6 Å². The first kappa shape index (κ1) is 12.0. The van der Waals surface area contributed by atoms with Crippen LogP contribution in [-0.4, -0.2) is 41.7 Å². The molecule has 0 aromatic carbocycles. The molecule has 90 valence electrons. The summed E-state index contributed by atoms with van der Waals surface area (Å²) in [6.45, 7) is 2.31. The van der Waals surface area contributed by atoms with E-state index in [1.807, 2.05) is 6.26 Å². The molecule has 0 amide bonds. The van der Waals surface area contributed by atoms with E-state index in [9.17, 15) is 0 Å². The molecule has 1 atom stereocenters. The molecule has 0 radical (unpaired) electrons. The van der Waals surface area contributed by atoms with Gasteiger partial charge in [0.15, 0.2) is 5.82 Å². The Labute approximate surface area is 105 Å². The Kier molecular flexibility index (Phi) is 3.94. The number of nitrogens with one attached hydrogen (secondary N) is 1. The molecule has 0 spiro atoms. The highest BCUT2D eigenvalue weighted by atomic mass is 32.2. The first-order valence-corrected chi connectivity index (χ1v) is 7.44. The summed E-state index contributed by atoms with van der Waals surface area (Å²) in [5.74, 6) is 0.657. The van der Waals surface area contributed by atoms with Gasteiger partial charge in [0, 0.05) is 12.6 Å². The summed E-state index contributed by atoms with van der Waals surface area (Å²) in [4.78, 5) is 3.46. The molecule has 16 heavy (non-hydrogen) atoms. The standard InChI is InChI=1S/C10H18N4S2/c1-14-5-3-4-7(6-14)12-10-8(15-2)9(11)13-16-10/h7,12H,3-6H2,1-2H3,(H2,11,13). The SMILES string of the molecule is CSc1c(N)nsc1NC1CCCN(C)C1. The van der Waals surface area contributed by atoms with Crippen LogP contribution < -0.4 is 11.1 Å². The highest BCUT2D eigenvalue weighted by Gasteiger charge is 2.19. The number of thioether (sulfide) groups is 1. The minimum atomic E-state index is 0.532. The van der Waals surface area contributed by atoms with Crippen molar-refractivity contribution >= 4 is 34.1 Å². The third kappa shape index (κ3) is 2.61. The number of rotatable bonds is 3. The quantitative estimate of drug-likeness (QED) is 0.812. The molecule has 1 aliphatic heterocycles. The van der Waals surface area contributed by atoms with Crippen molar-refractivity contribution in [3.8, 4) is 0 Å². The molecule has 2 rings (SSSR count). The van der Waals surface area contributed by atoms with Crippen LogP contribution in [0.4, 0.5) is 10.8 Å². The normalized spacial score (nSPS) is 22.2. The Balaban J connectivity index is 2.02. The van der Waals surface area contributed by atoms with Crippen molar-refractivity contribution in [1.29, 1.82) is 0 Å². The number of likely N-dealkylation sites (tertiary alicyclic amines) is 1. The van der Waals surface area contributed by atoms with Crippen LogP contribution in [0.5, 0.6) is 0 Å². The lowest BCUT2D eigenvalue weighted by atomic mass is 10.1. The van der Waals surface area contributed by atoms with Crippen LogP contribution in [0.15, 0.2) is 4.90 Å². The molecule has 2 heterocycles. The van der Waals surface area contributed by atoms with E-state index in [1.165, 1.54) is 30.9 Å². The molecule has 3 N–H and O–H groups in total. The number of hydrogen-bond acceptors (Lipinski definition) is 6. The second-order valence-electron chi connectivity index (χ2n) is 4.18. The van der Waals surface area contributed by atoms with Crippen molar-refractivity contribution in [1.82, 2.24) is 9.27 Å². The van der Waals surface area contributed by atoms with Gasteiger partial charge in [0.1, 0.15) is 5.00 Å². The third-order valence-electron chi connectivity index (χ3n) is 2.84. The van der Waals surface area contributed by atoms with Crippen LogP contribution in [0, 0.1) is 0 Å².